The third-order valence-electron chi connectivity index (χ3n) is 5.93. The predicted octanol–water partition coefficient (Wildman–Crippen LogP) is 5.45. The fourth-order valence-electron chi connectivity index (χ4n) is 4.16. The molecule has 176 valence electrons. The Morgan fingerprint density at radius 1 is 0.857 bits per heavy atom. The van der Waals surface area contributed by atoms with Crippen LogP contribution in [0.4, 0.5) is 22.7 Å². The topological polar surface area (TPSA) is 118 Å². The first kappa shape index (κ1) is 22.1. The van der Waals surface area contributed by atoms with Crippen LogP contribution in [-0.2, 0) is 0 Å². The maximum atomic E-state index is 12.7. The van der Waals surface area contributed by atoms with E-state index in [1.54, 1.807) is 48.5 Å². The van der Waals surface area contributed by atoms with E-state index < -0.39 is 10.8 Å². The summed E-state index contributed by atoms with van der Waals surface area (Å²) in [5.74, 6) is -0.647. The molecule has 1 aromatic heterocycles. The molecule has 0 spiro atoms. The van der Waals surface area contributed by atoms with Crippen molar-refractivity contribution in [2.45, 2.75) is 12.8 Å². The molecule has 5 rings (SSSR count). The first-order valence-corrected chi connectivity index (χ1v) is 11.2. The first-order chi connectivity index (χ1) is 17.0. The van der Waals surface area contributed by atoms with Crippen molar-refractivity contribution in [3.8, 4) is 0 Å². The lowest BCUT2D eigenvalue weighted by atomic mass is 10.1. The highest BCUT2D eigenvalue weighted by molar-refractivity contribution is 6.06. The second-order valence-corrected chi connectivity index (χ2v) is 8.29. The number of anilines is 3. The Hall–Kier alpha value is -4.66. The maximum Gasteiger partial charge on any atom is 0.293 e. The lowest BCUT2D eigenvalue weighted by Crippen LogP contribution is -2.19. The molecule has 0 atom stereocenters. The average molecular weight is 470 g/mol. The van der Waals surface area contributed by atoms with Crippen LogP contribution in [0.2, 0.25) is 0 Å². The zero-order chi connectivity index (χ0) is 24.4. The lowest BCUT2D eigenvalue weighted by Gasteiger charge is -2.17. The second kappa shape index (κ2) is 9.30. The van der Waals surface area contributed by atoms with Crippen LogP contribution in [0.25, 0.3) is 11.0 Å². The summed E-state index contributed by atoms with van der Waals surface area (Å²) < 4.78 is 5.57. The van der Waals surface area contributed by atoms with Gasteiger partial charge in [0.2, 0.25) is 0 Å². The molecule has 1 aliphatic heterocycles. The normalized spacial score (nSPS) is 13.1. The molecule has 4 aromatic rings. The number of rotatable bonds is 6. The van der Waals surface area contributed by atoms with Gasteiger partial charge in [-0.3, -0.25) is 19.7 Å². The van der Waals surface area contributed by atoms with Crippen LogP contribution in [0.5, 0.6) is 0 Å². The van der Waals surface area contributed by atoms with Crippen molar-refractivity contribution in [1.82, 2.24) is 0 Å². The van der Waals surface area contributed by atoms with Crippen LogP contribution < -0.4 is 15.5 Å². The van der Waals surface area contributed by atoms with Gasteiger partial charge in [0.25, 0.3) is 17.5 Å². The van der Waals surface area contributed by atoms with Crippen molar-refractivity contribution < 1.29 is 18.9 Å². The van der Waals surface area contributed by atoms with E-state index in [-0.39, 0.29) is 22.9 Å². The number of para-hydroxylation sites is 1. The van der Waals surface area contributed by atoms with Crippen LogP contribution in [-0.4, -0.2) is 29.8 Å². The van der Waals surface area contributed by atoms with Crippen molar-refractivity contribution in [2.75, 3.05) is 28.6 Å². The molecular formula is C26H22N4O5. The molecule has 2 N–H and O–H groups in total. The van der Waals surface area contributed by atoms with Gasteiger partial charge in [-0.05, 0) is 61.4 Å². The molecule has 2 heterocycles. The van der Waals surface area contributed by atoms with Crippen LogP contribution in [0.15, 0.2) is 77.2 Å². The molecular weight excluding hydrogens is 448 g/mol. The molecule has 0 radical (unpaired) electrons. The largest absolute Gasteiger partial charge is 0.451 e. The van der Waals surface area contributed by atoms with Gasteiger partial charge in [0, 0.05) is 41.5 Å². The summed E-state index contributed by atoms with van der Waals surface area (Å²) in [5, 5.41) is 17.9. The first-order valence-electron chi connectivity index (χ1n) is 11.2. The SMILES string of the molecule is O=C(Nc1ccc(NC(=O)c2cc3ccccc3o2)cc1)c1ccc(N2CCCC2)c([N+](=O)[O-])c1. The van der Waals surface area contributed by atoms with Crippen LogP contribution in [0.3, 0.4) is 0 Å². The monoisotopic (exact) mass is 470 g/mol. The number of fused-ring (bicyclic) bond motifs is 1. The molecule has 2 amide bonds. The van der Waals surface area contributed by atoms with E-state index in [0.717, 1.165) is 31.3 Å². The second-order valence-electron chi connectivity index (χ2n) is 8.29. The molecule has 35 heavy (non-hydrogen) atoms. The Kier molecular flexibility index (Phi) is 5.88. The van der Waals surface area contributed by atoms with Crippen LogP contribution >= 0.6 is 0 Å². The van der Waals surface area contributed by atoms with Gasteiger partial charge >= 0.3 is 0 Å². The van der Waals surface area contributed by atoms with Crippen molar-refractivity contribution in [3.63, 3.8) is 0 Å². The number of nitrogens with one attached hydrogen (secondary N) is 2. The van der Waals surface area contributed by atoms with Gasteiger partial charge in [-0.1, -0.05) is 18.2 Å². The number of hydrogen-bond donors (Lipinski definition) is 2. The molecule has 9 heteroatoms. The highest BCUT2D eigenvalue weighted by atomic mass is 16.6. The van der Waals surface area contributed by atoms with Crippen molar-refractivity contribution >= 4 is 45.5 Å². The third-order valence-corrected chi connectivity index (χ3v) is 5.93. The van der Waals surface area contributed by atoms with Gasteiger partial charge in [-0.25, -0.2) is 0 Å². The number of carbonyl (C=O) groups is 2. The maximum absolute atomic E-state index is 12.7. The smallest absolute Gasteiger partial charge is 0.293 e. The number of hydrogen-bond acceptors (Lipinski definition) is 6. The molecule has 9 nitrogen and oxygen atoms in total. The van der Waals surface area contributed by atoms with Gasteiger partial charge in [0.05, 0.1) is 4.92 Å². The Labute approximate surface area is 200 Å². The number of furan rings is 1. The Balaban J connectivity index is 1.26. The molecule has 0 bridgehead atoms. The Morgan fingerprint density at radius 3 is 2.17 bits per heavy atom. The highest BCUT2D eigenvalue weighted by Crippen LogP contribution is 2.32. The Bertz CT molecular complexity index is 1390. The minimum atomic E-state index is -0.458. The lowest BCUT2D eigenvalue weighted by molar-refractivity contribution is -0.384. The summed E-state index contributed by atoms with van der Waals surface area (Å²) in [6.45, 7) is 1.54. The fourth-order valence-corrected chi connectivity index (χ4v) is 4.16. The van der Waals surface area contributed by atoms with Gasteiger partial charge in [0.15, 0.2) is 5.76 Å². The van der Waals surface area contributed by atoms with Gasteiger partial charge < -0.3 is 20.0 Å². The quantitative estimate of drug-likeness (QED) is 0.286. The summed E-state index contributed by atoms with van der Waals surface area (Å²) in [4.78, 5) is 38.3. The van der Waals surface area contributed by atoms with E-state index in [4.69, 9.17) is 4.42 Å². The standard InChI is InChI=1S/C26H22N4O5/c31-25(18-7-12-21(22(15-18)30(33)34)29-13-3-4-14-29)27-19-8-10-20(11-9-19)28-26(32)24-16-17-5-1-2-6-23(17)35-24/h1-2,5-12,15-16H,3-4,13-14H2,(H,27,31)(H,28,32). The van der Waals surface area contributed by atoms with E-state index in [1.165, 1.54) is 6.07 Å². The summed E-state index contributed by atoms with van der Waals surface area (Å²) in [5.41, 5.74) is 2.30. The predicted molar refractivity (Wildman–Crippen MR) is 133 cm³/mol. The summed E-state index contributed by atoms with van der Waals surface area (Å²) in [7, 11) is 0. The van der Waals surface area contributed by atoms with Crippen LogP contribution in [0, 0.1) is 10.1 Å². The summed E-state index contributed by atoms with van der Waals surface area (Å²) >= 11 is 0. The van der Waals surface area contributed by atoms with Crippen molar-refractivity contribution in [2.24, 2.45) is 0 Å². The average Bonchev–Trinajstić information content (AvgIpc) is 3.55. The minimum Gasteiger partial charge on any atom is -0.451 e. The van der Waals surface area contributed by atoms with E-state index in [1.807, 2.05) is 23.1 Å². The van der Waals surface area contributed by atoms with E-state index in [2.05, 4.69) is 10.6 Å². The molecule has 3 aromatic carbocycles. The van der Waals surface area contributed by atoms with Gasteiger partial charge in [0.1, 0.15) is 11.3 Å². The third kappa shape index (κ3) is 4.70. The summed E-state index contributed by atoms with van der Waals surface area (Å²) in [6.07, 6.45) is 1.99. The van der Waals surface area contributed by atoms with Crippen molar-refractivity contribution in [1.29, 1.82) is 0 Å². The minimum absolute atomic E-state index is 0.0804. The summed E-state index contributed by atoms with van der Waals surface area (Å²) in [6, 6.07) is 20.1. The molecule has 0 unspecified atom stereocenters. The fraction of sp³-hybridized carbons (Fsp3) is 0.154. The van der Waals surface area contributed by atoms with E-state index in [9.17, 15) is 19.7 Å². The molecule has 1 fully saturated rings. The Morgan fingerprint density at radius 2 is 1.51 bits per heavy atom. The van der Waals surface area contributed by atoms with Gasteiger partial charge in [-0.2, -0.15) is 0 Å². The molecule has 0 aliphatic carbocycles. The number of nitrogens with zero attached hydrogens (tertiary/aromatic N) is 2. The molecule has 0 saturated carbocycles. The van der Waals surface area contributed by atoms with E-state index in [0.29, 0.717) is 22.6 Å². The zero-order valence-corrected chi connectivity index (χ0v) is 18.7. The van der Waals surface area contributed by atoms with Crippen LogP contribution in [0.1, 0.15) is 33.8 Å². The number of carbonyl (C=O) groups excluding carboxylic acids is 2. The van der Waals surface area contributed by atoms with E-state index >= 15 is 0 Å². The molecule has 1 aliphatic rings. The van der Waals surface area contributed by atoms with Crippen molar-refractivity contribution in [3.05, 3.63) is 94.2 Å². The number of nitro benzene ring substituents is 1. The highest BCUT2D eigenvalue weighted by Gasteiger charge is 2.24. The van der Waals surface area contributed by atoms with Gasteiger partial charge in [-0.15, -0.1) is 0 Å². The molecule has 1 saturated heterocycles. The number of benzene rings is 3. The number of nitro groups is 1. The zero-order valence-electron chi connectivity index (χ0n) is 18.7. The number of amides is 2.